The normalized spacial score (nSPS) is 12.4. The lowest BCUT2D eigenvalue weighted by Gasteiger charge is -2.17. The Hall–Kier alpha value is -2.57. The van der Waals surface area contributed by atoms with E-state index in [1.807, 2.05) is 0 Å². The van der Waals surface area contributed by atoms with Crippen LogP contribution >= 0.6 is 0 Å². The lowest BCUT2D eigenvalue weighted by molar-refractivity contribution is -0.143. The molecule has 2 heterocycles. The molecular weight excluding hydrogens is 288 g/mol. The average molecular weight is 306 g/mol. The van der Waals surface area contributed by atoms with Crippen molar-refractivity contribution in [3.63, 3.8) is 0 Å². The lowest BCUT2D eigenvalue weighted by Crippen LogP contribution is -2.45. The maximum absolute atomic E-state index is 12.0. The Labute approximate surface area is 127 Å². The Morgan fingerprint density at radius 1 is 1.41 bits per heavy atom. The summed E-state index contributed by atoms with van der Waals surface area (Å²) in [6, 6.07) is 2.49. The first-order chi connectivity index (χ1) is 10.4. The largest absolute Gasteiger partial charge is 0.480 e. The van der Waals surface area contributed by atoms with E-state index in [1.165, 1.54) is 6.26 Å². The van der Waals surface area contributed by atoms with Crippen molar-refractivity contribution in [2.24, 2.45) is 5.92 Å². The third-order valence-corrected chi connectivity index (χ3v) is 3.20. The molecule has 0 aromatic carbocycles. The summed E-state index contributed by atoms with van der Waals surface area (Å²) in [6.07, 6.45) is 1.45. The van der Waals surface area contributed by atoms with E-state index in [2.05, 4.69) is 10.3 Å². The van der Waals surface area contributed by atoms with E-state index in [1.54, 1.807) is 32.9 Å². The van der Waals surface area contributed by atoms with E-state index < -0.39 is 17.9 Å². The fourth-order valence-electron chi connectivity index (χ4n) is 1.99. The first-order valence-corrected chi connectivity index (χ1v) is 6.90. The molecule has 2 rings (SSSR count). The molecule has 0 bridgehead atoms. The van der Waals surface area contributed by atoms with Gasteiger partial charge in [0.1, 0.15) is 11.8 Å². The number of nitrogens with zero attached hydrogens (tertiary/aromatic N) is 1. The minimum atomic E-state index is -1.06. The van der Waals surface area contributed by atoms with E-state index in [0.29, 0.717) is 23.1 Å². The number of nitrogens with one attached hydrogen (secondary N) is 1. The van der Waals surface area contributed by atoms with Crippen molar-refractivity contribution >= 4 is 11.9 Å². The minimum Gasteiger partial charge on any atom is -0.480 e. The molecule has 2 aromatic rings. The van der Waals surface area contributed by atoms with Crippen LogP contribution in [0.3, 0.4) is 0 Å². The zero-order valence-electron chi connectivity index (χ0n) is 12.6. The monoisotopic (exact) mass is 306 g/mol. The van der Waals surface area contributed by atoms with Crippen LogP contribution in [0, 0.1) is 12.8 Å². The first kappa shape index (κ1) is 15.8. The first-order valence-electron chi connectivity index (χ1n) is 6.90. The van der Waals surface area contributed by atoms with Crippen LogP contribution in [0.25, 0.3) is 11.7 Å². The summed E-state index contributed by atoms with van der Waals surface area (Å²) in [6.45, 7) is 5.16. The van der Waals surface area contributed by atoms with E-state index in [4.69, 9.17) is 13.9 Å². The number of aromatic nitrogens is 1. The molecule has 22 heavy (non-hydrogen) atoms. The number of aliphatic carboxylic acids is 1. The van der Waals surface area contributed by atoms with Gasteiger partial charge in [0.25, 0.3) is 5.89 Å². The van der Waals surface area contributed by atoms with Gasteiger partial charge in [-0.05, 0) is 25.0 Å². The zero-order valence-corrected chi connectivity index (χ0v) is 12.6. The smallest absolute Gasteiger partial charge is 0.326 e. The van der Waals surface area contributed by atoms with Crippen LogP contribution in [0.2, 0.25) is 0 Å². The molecular formula is C15H18N2O5. The number of carboxylic acid groups (broad SMARTS) is 1. The Bertz CT molecular complexity index is 658. The molecule has 0 unspecified atom stereocenters. The molecule has 7 nitrogen and oxygen atoms in total. The van der Waals surface area contributed by atoms with E-state index in [9.17, 15) is 9.59 Å². The molecule has 0 saturated carbocycles. The minimum absolute atomic E-state index is 0.0491. The van der Waals surface area contributed by atoms with Gasteiger partial charge in [0.15, 0.2) is 5.76 Å². The maximum atomic E-state index is 12.0. The van der Waals surface area contributed by atoms with Crippen molar-refractivity contribution in [3.8, 4) is 11.7 Å². The molecule has 0 fully saturated rings. The second kappa shape index (κ2) is 6.46. The van der Waals surface area contributed by atoms with Crippen LogP contribution in [0.5, 0.6) is 0 Å². The molecule has 0 spiro atoms. The maximum Gasteiger partial charge on any atom is 0.326 e. The molecule has 1 atom stereocenters. The highest BCUT2D eigenvalue weighted by Crippen LogP contribution is 2.22. The average Bonchev–Trinajstić information content (AvgIpc) is 3.06. The standard InChI is InChI=1S/C15H18N2O5/c1-8(2)13(15(19)20)17-12(18)7-10-9(3)22-14(16-10)11-5-4-6-21-11/h4-6,8,13H,7H2,1-3H3,(H,17,18)(H,19,20)/t13-/m1/s1. The van der Waals surface area contributed by atoms with E-state index >= 15 is 0 Å². The number of hydrogen-bond donors (Lipinski definition) is 2. The number of carbonyl (C=O) groups is 2. The molecule has 2 aromatic heterocycles. The van der Waals surface area contributed by atoms with Gasteiger partial charge in [-0.1, -0.05) is 13.8 Å². The SMILES string of the molecule is Cc1oc(-c2ccco2)nc1CC(=O)N[C@@H](C(=O)O)C(C)C. The fraction of sp³-hybridized carbons (Fsp3) is 0.400. The van der Waals surface area contributed by atoms with Crippen LogP contribution in [-0.4, -0.2) is 28.0 Å². The lowest BCUT2D eigenvalue weighted by atomic mass is 10.0. The molecule has 2 N–H and O–H groups in total. The highest BCUT2D eigenvalue weighted by atomic mass is 16.4. The van der Waals surface area contributed by atoms with E-state index in [0.717, 1.165) is 0 Å². The third kappa shape index (κ3) is 3.55. The number of aryl methyl sites for hydroxylation is 1. The van der Waals surface area contributed by atoms with Crippen LogP contribution < -0.4 is 5.32 Å². The predicted molar refractivity (Wildman–Crippen MR) is 77.1 cm³/mol. The summed E-state index contributed by atoms with van der Waals surface area (Å²) < 4.78 is 10.6. The number of carbonyl (C=O) groups excluding carboxylic acids is 1. The fourth-order valence-corrected chi connectivity index (χ4v) is 1.99. The molecule has 1 amide bonds. The molecule has 0 aliphatic carbocycles. The summed E-state index contributed by atoms with van der Waals surface area (Å²) in [7, 11) is 0. The van der Waals surface area contributed by atoms with Crippen LogP contribution in [0.1, 0.15) is 25.3 Å². The summed E-state index contributed by atoms with van der Waals surface area (Å²) in [5, 5.41) is 11.6. The molecule has 0 radical (unpaired) electrons. The second-order valence-electron chi connectivity index (χ2n) is 5.30. The summed E-state index contributed by atoms with van der Waals surface area (Å²) in [5.41, 5.74) is 0.455. The Morgan fingerprint density at radius 3 is 2.68 bits per heavy atom. The summed E-state index contributed by atoms with van der Waals surface area (Å²) in [4.78, 5) is 27.3. The van der Waals surface area contributed by atoms with Gasteiger partial charge in [-0.3, -0.25) is 4.79 Å². The topological polar surface area (TPSA) is 106 Å². The molecule has 0 aliphatic rings. The van der Waals surface area contributed by atoms with Gasteiger partial charge in [-0.2, -0.15) is 0 Å². The Kier molecular flexibility index (Phi) is 4.65. The quantitative estimate of drug-likeness (QED) is 0.845. The number of hydrogen-bond acceptors (Lipinski definition) is 5. The van der Waals surface area contributed by atoms with Gasteiger partial charge in [0.2, 0.25) is 5.91 Å². The number of amides is 1. The molecule has 118 valence electrons. The van der Waals surface area contributed by atoms with Crippen molar-refractivity contribution in [2.45, 2.75) is 33.2 Å². The predicted octanol–water partition coefficient (Wildman–Crippen LogP) is 2.01. The third-order valence-electron chi connectivity index (χ3n) is 3.20. The number of furan rings is 1. The Balaban J connectivity index is 2.07. The van der Waals surface area contributed by atoms with Crippen molar-refractivity contribution in [2.75, 3.05) is 0 Å². The number of rotatable bonds is 6. The van der Waals surface area contributed by atoms with E-state index in [-0.39, 0.29) is 12.3 Å². The molecule has 7 heteroatoms. The van der Waals surface area contributed by atoms with Gasteiger partial charge >= 0.3 is 5.97 Å². The van der Waals surface area contributed by atoms with Crippen LogP contribution in [0.15, 0.2) is 27.2 Å². The molecule has 0 aliphatic heterocycles. The van der Waals surface area contributed by atoms with Gasteiger partial charge in [0, 0.05) is 0 Å². The number of oxazole rings is 1. The molecule has 0 saturated heterocycles. The van der Waals surface area contributed by atoms with Gasteiger partial charge in [-0.25, -0.2) is 9.78 Å². The second-order valence-corrected chi connectivity index (χ2v) is 5.30. The van der Waals surface area contributed by atoms with Crippen molar-refractivity contribution in [3.05, 3.63) is 29.9 Å². The highest BCUT2D eigenvalue weighted by Gasteiger charge is 2.24. The van der Waals surface area contributed by atoms with Crippen LogP contribution in [0.4, 0.5) is 0 Å². The summed E-state index contributed by atoms with van der Waals surface area (Å²) >= 11 is 0. The highest BCUT2D eigenvalue weighted by molar-refractivity contribution is 5.84. The zero-order chi connectivity index (χ0) is 16.3. The van der Waals surface area contributed by atoms with Gasteiger partial charge in [-0.15, -0.1) is 0 Å². The van der Waals surface area contributed by atoms with Gasteiger partial charge < -0.3 is 19.3 Å². The van der Waals surface area contributed by atoms with Crippen molar-refractivity contribution in [1.29, 1.82) is 0 Å². The van der Waals surface area contributed by atoms with Crippen LogP contribution in [-0.2, 0) is 16.0 Å². The number of carboxylic acids is 1. The Morgan fingerprint density at radius 2 is 2.14 bits per heavy atom. The summed E-state index contributed by atoms with van der Waals surface area (Å²) in [5.74, 6) is -0.416. The van der Waals surface area contributed by atoms with Crippen molar-refractivity contribution in [1.82, 2.24) is 10.3 Å². The van der Waals surface area contributed by atoms with Gasteiger partial charge in [0.05, 0.1) is 18.4 Å². The van der Waals surface area contributed by atoms with Crippen molar-refractivity contribution < 1.29 is 23.5 Å².